The average molecular weight is 574 g/mol. The Bertz CT molecular complexity index is 1410. The molecule has 1 N–H and O–H groups in total. The minimum atomic E-state index is -4.24. The fraction of sp³-hybridized carbons (Fsp3) is 0.310. The number of nitrogens with zero attached hydrogens (tertiary/aromatic N) is 2. The molecule has 0 aliphatic carbocycles. The maximum Gasteiger partial charge on any atom is 0.264 e. The van der Waals surface area contributed by atoms with Gasteiger partial charge in [0.15, 0.2) is 0 Å². The molecule has 0 spiro atoms. The van der Waals surface area contributed by atoms with E-state index in [-0.39, 0.29) is 33.6 Å². The van der Waals surface area contributed by atoms with Crippen molar-refractivity contribution in [2.24, 2.45) is 5.92 Å². The molecule has 10 heteroatoms. The lowest BCUT2D eigenvalue weighted by atomic mass is 10.1. The van der Waals surface area contributed by atoms with Gasteiger partial charge >= 0.3 is 0 Å². The SMILES string of the molecule is Cc1ccc(S(=O)(=O)N(CC(=O)N(Cc2ccccc2F)C(C)C(=O)NCC(C)C)c2ccccc2Cl)cc1. The second kappa shape index (κ2) is 13.1. The number of aryl methyl sites for hydroxylation is 1. The second-order valence-electron chi connectivity index (χ2n) is 9.70. The van der Waals surface area contributed by atoms with Gasteiger partial charge in [-0.2, -0.15) is 0 Å². The third kappa shape index (κ3) is 7.58. The van der Waals surface area contributed by atoms with E-state index >= 15 is 0 Å². The van der Waals surface area contributed by atoms with Crippen LogP contribution in [-0.4, -0.2) is 44.3 Å². The number of anilines is 1. The first kappa shape index (κ1) is 30.1. The first-order valence-corrected chi connectivity index (χ1v) is 14.4. The molecule has 0 aromatic heterocycles. The van der Waals surface area contributed by atoms with Crippen LogP contribution in [0, 0.1) is 18.7 Å². The number of rotatable bonds is 11. The zero-order valence-electron chi connectivity index (χ0n) is 22.4. The summed E-state index contributed by atoms with van der Waals surface area (Å²) in [5.41, 5.74) is 1.17. The van der Waals surface area contributed by atoms with Crippen LogP contribution in [0.2, 0.25) is 5.02 Å². The van der Waals surface area contributed by atoms with Crippen molar-refractivity contribution in [3.05, 3.63) is 94.8 Å². The fourth-order valence-corrected chi connectivity index (χ4v) is 5.57. The summed E-state index contributed by atoms with van der Waals surface area (Å²) >= 11 is 6.39. The third-order valence-corrected chi connectivity index (χ3v) is 8.25. The van der Waals surface area contributed by atoms with Crippen molar-refractivity contribution < 1.29 is 22.4 Å². The van der Waals surface area contributed by atoms with Crippen LogP contribution in [0.15, 0.2) is 77.7 Å². The normalized spacial score (nSPS) is 12.2. The summed E-state index contributed by atoms with van der Waals surface area (Å²) in [5.74, 6) is -1.49. The van der Waals surface area contributed by atoms with E-state index in [2.05, 4.69) is 5.32 Å². The number of sulfonamides is 1. The first-order valence-electron chi connectivity index (χ1n) is 12.6. The molecule has 1 atom stereocenters. The number of para-hydroxylation sites is 1. The molecule has 2 amide bonds. The van der Waals surface area contributed by atoms with E-state index in [1.54, 1.807) is 30.3 Å². The predicted octanol–water partition coefficient (Wildman–Crippen LogP) is 5.17. The predicted molar refractivity (Wildman–Crippen MR) is 151 cm³/mol. The van der Waals surface area contributed by atoms with Gasteiger partial charge in [-0.15, -0.1) is 0 Å². The zero-order valence-corrected chi connectivity index (χ0v) is 24.0. The van der Waals surface area contributed by atoms with Gasteiger partial charge in [0.1, 0.15) is 18.4 Å². The molecule has 0 saturated heterocycles. The van der Waals surface area contributed by atoms with Crippen LogP contribution in [0.25, 0.3) is 0 Å². The summed E-state index contributed by atoms with van der Waals surface area (Å²) in [6, 6.07) is 17.4. The number of hydrogen-bond acceptors (Lipinski definition) is 4. The summed E-state index contributed by atoms with van der Waals surface area (Å²) < 4.78 is 43.1. The first-order chi connectivity index (χ1) is 18.4. The number of benzene rings is 3. The minimum Gasteiger partial charge on any atom is -0.354 e. The molecule has 0 saturated carbocycles. The average Bonchev–Trinajstić information content (AvgIpc) is 2.90. The molecule has 7 nitrogen and oxygen atoms in total. The van der Waals surface area contributed by atoms with Crippen molar-refractivity contribution in [2.45, 2.75) is 45.2 Å². The topological polar surface area (TPSA) is 86.8 Å². The molecule has 208 valence electrons. The molecule has 3 aromatic carbocycles. The summed E-state index contributed by atoms with van der Waals surface area (Å²) in [7, 11) is -4.24. The van der Waals surface area contributed by atoms with Gasteiger partial charge in [-0.1, -0.05) is 73.5 Å². The monoisotopic (exact) mass is 573 g/mol. The quantitative estimate of drug-likeness (QED) is 0.343. The van der Waals surface area contributed by atoms with E-state index in [0.717, 1.165) is 9.87 Å². The van der Waals surface area contributed by atoms with E-state index in [4.69, 9.17) is 11.6 Å². The van der Waals surface area contributed by atoms with Crippen molar-refractivity contribution in [2.75, 3.05) is 17.4 Å². The van der Waals surface area contributed by atoms with E-state index < -0.39 is 40.2 Å². The van der Waals surface area contributed by atoms with Crippen LogP contribution in [0.4, 0.5) is 10.1 Å². The van der Waals surface area contributed by atoms with Gasteiger partial charge in [-0.05, 0) is 50.1 Å². The van der Waals surface area contributed by atoms with Gasteiger partial charge in [0.05, 0.1) is 15.6 Å². The summed E-state index contributed by atoms with van der Waals surface area (Å²) in [6.07, 6.45) is 0. The molecule has 0 aliphatic heterocycles. The number of halogens is 2. The molecular weight excluding hydrogens is 541 g/mol. The smallest absolute Gasteiger partial charge is 0.264 e. The van der Waals surface area contributed by atoms with Gasteiger partial charge in [0.25, 0.3) is 10.0 Å². The Balaban J connectivity index is 2.03. The standard InChI is InChI=1S/C29H33ClFN3O4S/c1-20(2)17-32-29(36)22(4)33(18-23-9-5-7-11-26(23)31)28(35)19-34(27-12-8-6-10-25(27)30)39(37,38)24-15-13-21(3)14-16-24/h5-16,20,22H,17-19H2,1-4H3,(H,32,36). The largest absolute Gasteiger partial charge is 0.354 e. The van der Waals surface area contributed by atoms with Crippen LogP contribution in [0.1, 0.15) is 31.9 Å². The minimum absolute atomic E-state index is 0.0239. The van der Waals surface area contributed by atoms with Crippen molar-refractivity contribution in [1.29, 1.82) is 0 Å². The van der Waals surface area contributed by atoms with Crippen molar-refractivity contribution >= 4 is 39.1 Å². The van der Waals surface area contributed by atoms with Gasteiger partial charge in [-0.3, -0.25) is 13.9 Å². The Kier molecular flexibility index (Phi) is 10.1. The Morgan fingerprint density at radius 1 is 0.949 bits per heavy atom. The highest BCUT2D eigenvalue weighted by Gasteiger charge is 2.33. The van der Waals surface area contributed by atoms with Crippen molar-refractivity contribution in [1.82, 2.24) is 10.2 Å². The van der Waals surface area contributed by atoms with Gasteiger partial charge in [0.2, 0.25) is 11.8 Å². The lowest BCUT2D eigenvalue weighted by molar-refractivity contribution is -0.139. The van der Waals surface area contributed by atoms with Gasteiger partial charge in [-0.25, -0.2) is 12.8 Å². The number of hydrogen-bond donors (Lipinski definition) is 1. The van der Waals surface area contributed by atoms with Gasteiger partial charge < -0.3 is 10.2 Å². The Morgan fingerprint density at radius 3 is 2.18 bits per heavy atom. The molecule has 0 aliphatic rings. The maximum atomic E-state index is 14.6. The number of nitrogens with one attached hydrogen (secondary N) is 1. The molecule has 0 heterocycles. The van der Waals surface area contributed by atoms with Crippen LogP contribution in [-0.2, 0) is 26.2 Å². The molecule has 0 radical (unpaired) electrons. The fourth-order valence-electron chi connectivity index (χ4n) is 3.85. The molecule has 0 fully saturated rings. The lowest BCUT2D eigenvalue weighted by Crippen LogP contribution is -2.51. The zero-order chi connectivity index (χ0) is 28.7. The lowest BCUT2D eigenvalue weighted by Gasteiger charge is -2.32. The number of carbonyl (C=O) groups excluding carboxylic acids is 2. The van der Waals surface area contributed by atoms with Crippen molar-refractivity contribution in [3.8, 4) is 0 Å². The van der Waals surface area contributed by atoms with Crippen LogP contribution >= 0.6 is 11.6 Å². The summed E-state index contributed by atoms with van der Waals surface area (Å²) in [5, 5.41) is 2.92. The van der Waals surface area contributed by atoms with Crippen LogP contribution in [0.3, 0.4) is 0 Å². The Morgan fingerprint density at radius 2 is 1.56 bits per heavy atom. The number of amides is 2. The Labute approximate surface area is 234 Å². The molecule has 3 rings (SSSR count). The van der Waals surface area contributed by atoms with E-state index in [0.29, 0.717) is 6.54 Å². The summed E-state index contributed by atoms with van der Waals surface area (Å²) in [4.78, 5) is 28.0. The molecule has 3 aromatic rings. The highest BCUT2D eigenvalue weighted by molar-refractivity contribution is 7.92. The highest BCUT2D eigenvalue weighted by atomic mass is 35.5. The second-order valence-corrected chi connectivity index (χ2v) is 12.0. The molecular formula is C29H33ClFN3O4S. The maximum absolute atomic E-state index is 14.6. The number of carbonyl (C=O) groups is 2. The Hall–Kier alpha value is -3.43. The third-order valence-electron chi connectivity index (χ3n) is 6.16. The van der Waals surface area contributed by atoms with Gasteiger partial charge in [0, 0.05) is 18.7 Å². The van der Waals surface area contributed by atoms with Crippen LogP contribution < -0.4 is 9.62 Å². The molecule has 1 unspecified atom stereocenters. The summed E-state index contributed by atoms with van der Waals surface area (Å²) in [6.45, 7) is 6.73. The highest BCUT2D eigenvalue weighted by Crippen LogP contribution is 2.31. The van der Waals surface area contributed by atoms with E-state index in [1.807, 2.05) is 20.8 Å². The molecule has 0 bridgehead atoms. The van der Waals surface area contributed by atoms with E-state index in [1.165, 1.54) is 54.3 Å². The van der Waals surface area contributed by atoms with Crippen molar-refractivity contribution in [3.63, 3.8) is 0 Å². The van der Waals surface area contributed by atoms with E-state index in [9.17, 15) is 22.4 Å². The van der Waals surface area contributed by atoms with Crippen LogP contribution in [0.5, 0.6) is 0 Å². The molecule has 39 heavy (non-hydrogen) atoms.